The highest BCUT2D eigenvalue weighted by molar-refractivity contribution is 5.88. The van der Waals surface area contributed by atoms with Crippen LogP contribution in [0.5, 0.6) is 0 Å². The molecule has 0 aliphatic heterocycles. The Kier molecular flexibility index (Phi) is 7.78. The molecule has 0 atom stereocenters. The van der Waals surface area contributed by atoms with Gasteiger partial charge in [0.15, 0.2) is 6.29 Å². The Morgan fingerprint density at radius 1 is 1.31 bits per heavy atom. The number of nitrogens with one attached hydrogen (secondary N) is 2. The molecule has 0 unspecified atom stereocenters. The maximum Gasteiger partial charge on any atom is 0.322 e. The smallest absolute Gasteiger partial charge is 0.322 e. The van der Waals surface area contributed by atoms with Gasteiger partial charge in [-0.2, -0.15) is 0 Å². The van der Waals surface area contributed by atoms with Gasteiger partial charge in [0.2, 0.25) is 0 Å². The first-order chi connectivity index (χ1) is 13.9. The van der Waals surface area contributed by atoms with Crippen molar-refractivity contribution in [3.05, 3.63) is 77.2 Å². The molecule has 29 heavy (non-hydrogen) atoms. The molecule has 152 valence electrons. The average Bonchev–Trinajstić information content (AvgIpc) is 3.10. The van der Waals surface area contributed by atoms with Crippen molar-refractivity contribution in [2.45, 2.75) is 33.6 Å². The van der Waals surface area contributed by atoms with Crippen LogP contribution in [0.25, 0.3) is 11.1 Å². The van der Waals surface area contributed by atoms with E-state index in [2.05, 4.69) is 23.8 Å². The number of aromatic amines is 1. The van der Waals surface area contributed by atoms with Gasteiger partial charge in [-0.3, -0.25) is 9.59 Å². The number of aliphatic carboxylic acids is 1. The normalized spacial score (nSPS) is 11.6. The number of aldehydes is 1. The number of hydrogen-bond donors (Lipinski definition) is 3. The summed E-state index contributed by atoms with van der Waals surface area (Å²) in [5.41, 5.74) is 6.81. The molecule has 0 aliphatic carbocycles. The lowest BCUT2D eigenvalue weighted by Gasteiger charge is -2.11. The Morgan fingerprint density at radius 3 is 2.69 bits per heavy atom. The number of carboxylic acids is 1. The van der Waals surface area contributed by atoms with E-state index in [0.717, 1.165) is 58.5 Å². The Hall–Kier alpha value is -3.34. The van der Waals surface area contributed by atoms with Crippen molar-refractivity contribution in [3.8, 4) is 0 Å². The molecule has 0 aliphatic rings. The number of H-pyrrole nitrogens is 1. The molecular formula is C24H28N2O3. The largest absolute Gasteiger partial charge is 0.480 e. The van der Waals surface area contributed by atoms with E-state index in [1.165, 1.54) is 0 Å². The maximum absolute atomic E-state index is 11.4. The molecule has 1 heterocycles. The molecule has 2 rings (SSSR count). The quantitative estimate of drug-likeness (QED) is 0.381. The third-order valence-electron chi connectivity index (χ3n) is 4.59. The van der Waals surface area contributed by atoms with E-state index >= 15 is 0 Å². The number of aryl methyl sites for hydroxylation is 2. The van der Waals surface area contributed by atoms with Crippen molar-refractivity contribution in [3.63, 3.8) is 0 Å². The van der Waals surface area contributed by atoms with E-state index in [4.69, 9.17) is 5.11 Å². The average molecular weight is 392 g/mol. The fourth-order valence-electron chi connectivity index (χ4n) is 3.08. The summed E-state index contributed by atoms with van der Waals surface area (Å²) in [6, 6.07) is 7.67. The van der Waals surface area contributed by atoms with Gasteiger partial charge in [-0.15, -0.1) is 0 Å². The van der Waals surface area contributed by atoms with Gasteiger partial charge in [0.05, 0.1) is 0 Å². The van der Waals surface area contributed by atoms with Crippen LogP contribution in [0.1, 0.15) is 53.1 Å². The van der Waals surface area contributed by atoms with Gasteiger partial charge >= 0.3 is 5.97 Å². The molecule has 1 aromatic carbocycles. The number of carbonyl (C=O) groups is 2. The van der Waals surface area contributed by atoms with Crippen molar-refractivity contribution in [1.29, 1.82) is 0 Å². The van der Waals surface area contributed by atoms with Gasteiger partial charge in [-0.1, -0.05) is 44.2 Å². The van der Waals surface area contributed by atoms with E-state index in [9.17, 15) is 9.59 Å². The van der Waals surface area contributed by atoms with Crippen LogP contribution in [-0.4, -0.2) is 28.9 Å². The van der Waals surface area contributed by atoms with Gasteiger partial charge in [0, 0.05) is 22.6 Å². The van der Waals surface area contributed by atoms with Gasteiger partial charge in [-0.25, -0.2) is 0 Å². The first-order valence-electron chi connectivity index (χ1n) is 9.67. The molecule has 0 amide bonds. The Balaban J connectivity index is 2.38. The number of allylic oxidation sites excluding steroid dienone is 5. The minimum absolute atomic E-state index is 0.145. The third-order valence-corrected chi connectivity index (χ3v) is 4.59. The highest BCUT2D eigenvalue weighted by Gasteiger charge is 2.10. The van der Waals surface area contributed by atoms with E-state index in [0.29, 0.717) is 5.56 Å². The van der Waals surface area contributed by atoms with Crippen molar-refractivity contribution >= 4 is 29.1 Å². The molecule has 2 aromatic rings. The molecule has 0 bridgehead atoms. The lowest BCUT2D eigenvalue weighted by Crippen LogP contribution is -2.13. The fraction of sp³-hybridized carbons (Fsp3) is 0.250. The molecule has 1 aromatic heterocycles. The minimum Gasteiger partial charge on any atom is -0.480 e. The first-order valence-corrected chi connectivity index (χ1v) is 9.67. The Morgan fingerprint density at radius 2 is 2.07 bits per heavy atom. The predicted octanol–water partition coefficient (Wildman–Crippen LogP) is 5.26. The molecule has 0 radical (unpaired) electrons. The monoisotopic (exact) mass is 392 g/mol. The fourth-order valence-corrected chi connectivity index (χ4v) is 3.08. The summed E-state index contributed by atoms with van der Waals surface area (Å²) >= 11 is 0. The zero-order valence-corrected chi connectivity index (χ0v) is 17.2. The number of carboxylic acid groups (broad SMARTS) is 1. The van der Waals surface area contributed by atoms with Crippen molar-refractivity contribution < 1.29 is 14.7 Å². The molecule has 0 saturated carbocycles. The topological polar surface area (TPSA) is 82.2 Å². The van der Waals surface area contributed by atoms with Crippen LogP contribution in [0.4, 0.5) is 5.69 Å². The number of hydrogen-bond acceptors (Lipinski definition) is 3. The van der Waals surface area contributed by atoms with Crippen molar-refractivity contribution in [1.82, 2.24) is 4.98 Å². The van der Waals surface area contributed by atoms with Crippen LogP contribution >= 0.6 is 0 Å². The van der Waals surface area contributed by atoms with Crippen LogP contribution in [0.2, 0.25) is 0 Å². The molecule has 0 fully saturated rings. The van der Waals surface area contributed by atoms with Crippen LogP contribution in [-0.2, 0) is 11.2 Å². The second-order valence-corrected chi connectivity index (χ2v) is 6.89. The maximum atomic E-state index is 11.4. The van der Waals surface area contributed by atoms with Crippen LogP contribution in [0.3, 0.4) is 0 Å². The van der Waals surface area contributed by atoms with Gasteiger partial charge < -0.3 is 15.4 Å². The highest BCUT2D eigenvalue weighted by atomic mass is 16.4. The summed E-state index contributed by atoms with van der Waals surface area (Å²) in [6.45, 7) is 9.98. The van der Waals surface area contributed by atoms with Crippen LogP contribution in [0.15, 0.2) is 49.1 Å². The summed E-state index contributed by atoms with van der Waals surface area (Å²) in [5.74, 6) is -0.912. The van der Waals surface area contributed by atoms with Crippen LogP contribution in [0, 0.1) is 6.92 Å². The molecule has 3 N–H and O–H groups in total. The Bertz CT molecular complexity index is 965. The van der Waals surface area contributed by atoms with Crippen molar-refractivity contribution in [2.75, 3.05) is 11.9 Å². The summed E-state index contributed by atoms with van der Waals surface area (Å²) in [4.78, 5) is 25.6. The van der Waals surface area contributed by atoms with Crippen LogP contribution < -0.4 is 5.32 Å². The number of benzene rings is 1. The summed E-state index contributed by atoms with van der Waals surface area (Å²) in [7, 11) is 0. The number of aromatic nitrogens is 1. The van der Waals surface area contributed by atoms with Gasteiger partial charge in [0.1, 0.15) is 6.54 Å². The van der Waals surface area contributed by atoms with Gasteiger partial charge in [0.25, 0.3) is 0 Å². The molecular weight excluding hydrogens is 364 g/mol. The first kappa shape index (κ1) is 22.0. The van der Waals surface area contributed by atoms with E-state index in [-0.39, 0.29) is 6.54 Å². The zero-order valence-electron chi connectivity index (χ0n) is 17.2. The lowest BCUT2D eigenvalue weighted by molar-refractivity contribution is -0.134. The second kappa shape index (κ2) is 10.3. The number of carbonyl (C=O) groups excluding carboxylic acids is 1. The SMILES string of the molecule is C=C(/C=C(\C=C/C)c1cc(C=O)c(CCC)[nH]1)c1ccc(C)c(NCC(=O)O)c1. The summed E-state index contributed by atoms with van der Waals surface area (Å²) in [6.07, 6.45) is 8.52. The lowest BCUT2D eigenvalue weighted by atomic mass is 10.0. The Labute approximate surface area is 171 Å². The van der Waals surface area contributed by atoms with E-state index in [1.807, 2.05) is 56.3 Å². The van der Waals surface area contributed by atoms with Gasteiger partial charge in [-0.05, 0) is 60.8 Å². The molecule has 5 nitrogen and oxygen atoms in total. The number of rotatable bonds is 10. The predicted molar refractivity (Wildman–Crippen MR) is 119 cm³/mol. The van der Waals surface area contributed by atoms with Crippen molar-refractivity contribution in [2.24, 2.45) is 0 Å². The minimum atomic E-state index is -0.912. The summed E-state index contributed by atoms with van der Waals surface area (Å²) in [5, 5.41) is 11.8. The zero-order chi connectivity index (χ0) is 21.4. The standard InChI is InChI=1S/C24H28N2O3/c1-5-7-19(23-13-20(15-27)21(26-23)8-6-2)11-17(4)18-10-9-16(3)22(12-18)25-14-24(28)29/h5,7,9-13,15,25-26H,4,6,8,14H2,1-3H3,(H,28,29)/b7-5-,19-11+. The molecule has 0 spiro atoms. The number of anilines is 1. The van der Waals surface area contributed by atoms with E-state index in [1.54, 1.807) is 0 Å². The summed E-state index contributed by atoms with van der Waals surface area (Å²) < 4.78 is 0. The molecule has 5 heteroatoms. The van der Waals surface area contributed by atoms with E-state index < -0.39 is 5.97 Å². The third kappa shape index (κ3) is 5.82. The second-order valence-electron chi connectivity index (χ2n) is 6.89. The highest BCUT2D eigenvalue weighted by Crippen LogP contribution is 2.27. The molecule has 0 saturated heterocycles.